The average Bonchev–Trinajstić information content (AvgIpc) is 3.12. The summed E-state index contributed by atoms with van der Waals surface area (Å²) >= 11 is 12.4. The van der Waals surface area contributed by atoms with Crippen molar-refractivity contribution in [2.75, 3.05) is 18.0 Å². The van der Waals surface area contributed by atoms with E-state index < -0.39 is 0 Å². The van der Waals surface area contributed by atoms with Gasteiger partial charge in [-0.3, -0.25) is 0 Å². The van der Waals surface area contributed by atoms with E-state index in [-0.39, 0.29) is 6.61 Å². The van der Waals surface area contributed by atoms with E-state index in [4.69, 9.17) is 23.2 Å². The predicted octanol–water partition coefficient (Wildman–Crippen LogP) is 5.10. The van der Waals surface area contributed by atoms with Gasteiger partial charge in [0.05, 0.1) is 28.5 Å². The number of aliphatic hydroxyl groups excluding tert-OH is 1. The van der Waals surface area contributed by atoms with Gasteiger partial charge < -0.3 is 10.0 Å². The first-order valence-corrected chi connectivity index (χ1v) is 10.0. The summed E-state index contributed by atoms with van der Waals surface area (Å²) in [7, 11) is 0. The quantitative estimate of drug-likeness (QED) is 0.789. The standard InChI is InChI=1S/C20H23Cl2N3O/c21-15-5-3-4-14(18(15)22)16-12-23-19(17(13-26)24-16)25-10-8-20(9-11-25)6-1-2-7-20/h3-5,12,26H,1-2,6-11,13H2. The SMILES string of the molecule is OCc1nc(-c2cccc(Cl)c2Cl)cnc1N1CCC2(CCCC2)CC1. The number of aromatic nitrogens is 2. The van der Waals surface area contributed by atoms with Crippen LogP contribution in [0, 0.1) is 5.41 Å². The Hall–Kier alpha value is -1.36. The van der Waals surface area contributed by atoms with Gasteiger partial charge in [-0.2, -0.15) is 0 Å². The lowest BCUT2D eigenvalue weighted by Gasteiger charge is -2.40. The zero-order valence-electron chi connectivity index (χ0n) is 14.7. The smallest absolute Gasteiger partial charge is 0.152 e. The van der Waals surface area contributed by atoms with Crippen molar-refractivity contribution < 1.29 is 5.11 Å². The first kappa shape index (κ1) is 18.0. The first-order valence-electron chi connectivity index (χ1n) is 9.28. The van der Waals surface area contributed by atoms with Gasteiger partial charge in [0.2, 0.25) is 0 Å². The zero-order chi connectivity index (χ0) is 18.1. The topological polar surface area (TPSA) is 49.3 Å². The van der Waals surface area contributed by atoms with Crippen LogP contribution in [0.15, 0.2) is 24.4 Å². The van der Waals surface area contributed by atoms with Crippen LogP contribution >= 0.6 is 23.2 Å². The molecule has 4 rings (SSSR count). The molecule has 1 aromatic heterocycles. The number of piperidine rings is 1. The zero-order valence-corrected chi connectivity index (χ0v) is 16.2. The molecule has 1 aromatic carbocycles. The molecule has 2 aliphatic rings. The number of aliphatic hydroxyl groups is 1. The van der Waals surface area contributed by atoms with Gasteiger partial charge in [-0.1, -0.05) is 48.2 Å². The molecule has 0 atom stereocenters. The molecule has 1 aliphatic heterocycles. The van der Waals surface area contributed by atoms with Crippen LogP contribution in [0.3, 0.4) is 0 Å². The lowest BCUT2D eigenvalue weighted by atomic mass is 9.77. The molecular weight excluding hydrogens is 369 g/mol. The summed E-state index contributed by atoms with van der Waals surface area (Å²) in [6, 6.07) is 5.45. The molecule has 0 amide bonds. The minimum Gasteiger partial charge on any atom is -0.390 e. The van der Waals surface area contributed by atoms with Crippen LogP contribution in [0.4, 0.5) is 5.82 Å². The monoisotopic (exact) mass is 391 g/mol. The fourth-order valence-electron chi connectivity index (χ4n) is 4.44. The van der Waals surface area contributed by atoms with Crippen molar-refractivity contribution in [1.82, 2.24) is 9.97 Å². The second kappa shape index (κ2) is 7.34. The molecule has 0 radical (unpaired) electrons. The highest BCUT2D eigenvalue weighted by atomic mass is 35.5. The molecule has 6 heteroatoms. The lowest BCUT2D eigenvalue weighted by Crippen LogP contribution is -2.39. The molecular formula is C20H23Cl2N3O. The van der Waals surface area contributed by atoms with E-state index in [1.807, 2.05) is 12.1 Å². The molecule has 2 aromatic rings. The highest BCUT2D eigenvalue weighted by molar-refractivity contribution is 6.43. The molecule has 26 heavy (non-hydrogen) atoms. The van der Waals surface area contributed by atoms with Crippen LogP contribution in [0.5, 0.6) is 0 Å². The number of hydrogen-bond donors (Lipinski definition) is 1. The van der Waals surface area contributed by atoms with Crippen LogP contribution in [0.1, 0.15) is 44.2 Å². The van der Waals surface area contributed by atoms with Crippen molar-refractivity contribution in [2.24, 2.45) is 5.41 Å². The fraction of sp³-hybridized carbons (Fsp3) is 0.500. The highest BCUT2D eigenvalue weighted by Gasteiger charge is 2.37. The molecule has 1 saturated carbocycles. The summed E-state index contributed by atoms with van der Waals surface area (Å²) in [4.78, 5) is 11.5. The molecule has 2 fully saturated rings. The summed E-state index contributed by atoms with van der Waals surface area (Å²) in [6.07, 6.45) is 9.62. The Morgan fingerprint density at radius 3 is 2.50 bits per heavy atom. The molecule has 1 N–H and O–H groups in total. The van der Waals surface area contributed by atoms with E-state index in [2.05, 4.69) is 14.9 Å². The third-order valence-electron chi connectivity index (χ3n) is 5.99. The first-order chi connectivity index (χ1) is 12.6. The molecule has 1 saturated heterocycles. The Balaban J connectivity index is 1.59. The van der Waals surface area contributed by atoms with Crippen LogP contribution in [0.25, 0.3) is 11.3 Å². The number of nitrogens with zero attached hydrogens (tertiary/aromatic N) is 3. The fourth-order valence-corrected chi connectivity index (χ4v) is 4.84. The van der Waals surface area contributed by atoms with E-state index in [0.29, 0.717) is 26.8 Å². The predicted molar refractivity (Wildman–Crippen MR) is 106 cm³/mol. The Bertz CT molecular complexity index is 796. The van der Waals surface area contributed by atoms with Crippen LogP contribution in [-0.4, -0.2) is 28.2 Å². The number of anilines is 1. The third-order valence-corrected chi connectivity index (χ3v) is 6.81. The van der Waals surface area contributed by atoms with E-state index >= 15 is 0 Å². The van der Waals surface area contributed by atoms with Crippen LogP contribution in [0.2, 0.25) is 10.0 Å². The van der Waals surface area contributed by atoms with Crippen LogP contribution < -0.4 is 4.90 Å². The van der Waals surface area contributed by atoms with E-state index in [1.54, 1.807) is 12.3 Å². The van der Waals surface area contributed by atoms with Gasteiger partial charge in [0.1, 0.15) is 5.69 Å². The van der Waals surface area contributed by atoms with Crippen molar-refractivity contribution in [1.29, 1.82) is 0 Å². The van der Waals surface area contributed by atoms with Crippen molar-refractivity contribution in [3.05, 3.63) is 40.1 Å². The van der Waals surface area contributed by atoms with Gasteiger partial charge in [-0.25, -0.2) is 9.97 Å². The molecule has 4 nitrogen and oxygen atoms in total. The molecule has 1 aliphatic carbocycles. The van der Waals surface area contributed by atoms with E-state index in [1.165, 1.54) is 38.5 Å². The maximum Gasteiger partial charge on any atom is 0.152 e. The van der Waals surface area contributed by atoms with E-state index in [9.17, 15) is 5.11 Å². The number of halogens is 2. The molecule has 138 valence electrons. The molecule has 0 bridgehead atoms. The van der Waals surface area contributed by atoms with Gasteiger partial charge in [0, 0.05) is 18.7 Å². The van der Waals surface area contributed by atoms with Crippen molar-refractivity contribution >= 4 is 29.0 Å². The minimum atomic E-state index is -0.143. The van der Waals surface area contributed by atoms with Gasteiger partial charge >= 0.3 is 0 Å². The number of rotatable bonds is 3. The maximum absolute atomic E-state index is 9.86. The number of benzene rings is 1. The molecule has 1 spiro atoms. The van der Waals surface area contributed by atoms with Gasteiger partial charge in [-0.15, -0.1) is 0 Å². The summed E-state index contributed by atoms with van der Waals surface area (Å²) in [5, 5.41) is 10.8. The third kappa shape index (κ3) is 3.30. The summed E-state index contributed by atoms with van der Waals surface area (Å²) in [5.74, 6) is 0.794. The summed E-state index contributed by atoms with van der Waals surface area (Å²) in [5.41, 5.74) is 2.52. The average molecular weight is 392 g/mol. The van der Waals surface area contributed by atoms with Crippen LogP contribution in [-0.2, 0) is 6.61 Å². The highest BCUT2D eigenvalue weighted by Crippen LogP contribution is 2.46. The van der Waals surface area contributed by atoms with Gasteiger partial charge in [0.25, 0.3) is 0 Å². The Kier molecular flexibility index (Phi) is 5.09. The maximum atomic E-state index is 9.86. The molecule has 0 unspecified atom stereocenters. The van der Waals surface area contributed by atoms with Crippen molar-refractivity contribution in [3.63, 3.8) is 0 Å². The Morgan fingerprint density at radius 1 is 1.08 bits per heavy atom. The van der Waals surface area contributed by atoms with Crippen molar-refractivity contribution in [3.8, 4) is 11.3 Å². The summed E-state index contributed by atoms with van der Waals surface area (Å²) < 4.78 is 0. The normalized spacial score (nSPS) is 19.3. The summed E-state index contributed by atoms with van der Waals surface area (Å²) in [6.45, 7) is 1.83. The minimum absolute atomic E-state index is 0.143. The van der Waals surface area contributed by atoms with E-state index in [0.717, 1.165) is 24.5 Å². The largest absolute Gasteiger partial charge is 0.390 e. The second-order valence-corrected chi connectivity index (χ2v) is 8.26. The Morgan fingerprint density at radius 2 is 1.81 bits per heavy atom. The van der Waals surface area contributed by atoms with Gasteiger partial charge in [0.15, 0.2) is 5.82 Å². The number of hydrogen-bond acceptors (Lipinski definition) is 4. The van der Waals surface area contributed by atoms with Gasteiger partial charge in [-0.05, 0) is 37.2 Å². The molecule has 2 heterocycles. The Labute approximate surface area is 164 Å². The van der Waals surface area contributed by atoms with Crippen molar-refractivity contribution in [2.45, 2.75) is 45.1 Å². The lowest BCUT2D eigenvalue weighted by molar-refractivity contribution is 0.225. The second-order valence-electron chi connectivity index (χ2n) is 7.48.